The summed E-state index contributed by atoms with van der Waals surface area (Å²) in [5, 5.41) is 9.68. The molecule has 1 aromatic carbocycles. The van der Waals surface area contributed by atoms with Gasteiger partial charge in [0.2, 0.25) is 5.91 Å². The van der Waals surface area contributed by atoms with Crippen LogP contribution in [0.15, 0.2) is 18.2 Å². The second kappa shape index (κ2) is 9.82. The molecular weight excluding hydrogens is 400 g/mol. The third-order valence-electron chi connectivity index (χ3n) is 6.21. The van der Waals surface area contributed by atoms with Gasteiger partial charge in [-0.2, -0.15) is 0 Å². The number of hydrogen-bond acceptors (Lipinski definition) is 4. The molecule has 0 saturated carbocycles. The van der Waals surface area contributed by atoms with Gasteiger partial charge in [0.05, 0.1) is 6.61 Å². The Hall–Kier alpha value is -2.08. The van der Waals surface area contributed by atoms with Gasteiger partial charge in [-0.05, 0) is 62.8 Å². The molecule has 4 rings (SSSR count). The van der Waals surface area contributed by atoms with Crippen LogP contribution >= 0.6 is 11.6 Å². The van der Waals surface area contributed by atoms with Gasteiger partial charge < -0.3 is 14.2 Å². The summed E-state index contributed by atoms with van der Waals surface area (Å²) in [7, 11) is 0. The maximum absolute atomic E-state index is 12.8. The van der Waals surface area contributed by atoms with Crippen LogP contribution in [0.1, 0.15) is 68.1 Å². The van der Waals surface area contributed by atoms with E-state index in [2.05, 4.69) is 14.8 Å². The van der Waals surface area contributed by atoms with Crippen LogP contribution in [0.25, 0.3) is 0 Å². The van der Waals surface area contributed by atoms with Gasteiger partial charge in [-0.25, -0.2) is 0 Å². The minimum Gasteiger partial charge on any atom is -0.493 e. The number of carbonyl (C=O) groups is 1. The highest BCUT2D eigenvalue weighted by Gasteiger charge is 2.29. The van der Waals surface area contributed by atoms with E-state index >= 15 is 0 Å². The van der Waals surface area contributed by atoms with Crippen molar-refractivity contribution in [3.05, 3.63) is 40.4 Å². The first kappa shape index (κ1) is 21.2. The van der Waals surface area contributed by atoms with Gasteiger partial charge in [-0.3, -0.25) is 4.79 Å². The van der Waals surface area contributed by atoms with Gasteiger partial charge in [-0.15, -0.1) is 10.2 Å². The minimum absolute atomic E-state index is 0.215. The Morgan fingerprint density at radius 2 is 2.10 bits per heavy atom. The summed E-state index contributed by atoms with van der Waals surface area (Å²) in [5.74, 6) is 3.56. The van der Waals surface area contributed by atoms with Crippen LogP contribution in [-0.4, -0.2) is 45.3 Å². The molecule has 30 heavy (non-hydrogen) atoms. The molecular formula is C23H31ClN4O2. The van der Waals surface area contributed by atoms with Crippen LogP contribution < -0.4 is 4.74 Å². The van der Waals surface area contributed by atoms with Crippen molar-refractivity contribution in [3.8, 4) is 5.75 Å². The zero-order valence-corrected chi connectivity index (χ0v) is 18.5. The largest absolute Gasteiger partial charge is 0.493 e. The standard InChI is InChI=1S/C23H31ClN4O2/c1-17-15-19(24)10-11-20(17)30-14-6-9-22(29)27-12-5-7-18(16-27)23-26-25-21-8-3-2-4-13-28(21)23/h10-11,15,18H,2-9,12-14,16H2,1H3. The molecule has 0 aliphatic carbocycles. The lowest BCUT2D eigenvalue weighted by molar-refractivity contribution is -0.132. The van der Waals surface area contributed by atoms with Crippen molar-refractivity contribution in [2.24, 2.45) is 0 Å². The molecule has 6 nitrogen and oxygen atoms in total. The first-order valence-corrected chi connectivity index (χ1v) is 11.6. The van der Waals surface area contributed by atoms with E-state index in [-0.39, 0.29) is 5.91 Å². The number of carbonyl (C=O) groups excluding carboxylic acids is 1. The van der Waals surface area contributed by atoms with Crippen molar-refractivity contribution < 1.29 is 9.53 Å². The number of ether oxygens (including phenoxy) is 1. The van der Waals surface area contributed by atoms with Crippen LogP contribution in [0, 0.1) is 6.92 Å². The van der Waals surface area contributed by atoms with Gasteiger partial charge in [0.15, 0.2) is 0 Å². The quantitative estimate of drug-likeness (QED) is 0.631. The number of likely N-dealkylation sites (tertiary alicyclic amines) is 1. The number of fused-ring (bicyclic) bond motifs is 1. The highest BCUT2D eigenvalue weighted by atomic mass is 35.5. The zero-order chi connectivity index (χ0) is 20.9. The van der Waals surface area contributed by atoms with Crippen molar-refractivity contribution in [2.45, 2.75) is 70.8 Å². The van der Waals surface area contributed by atoms with Crippen LogP contribution in [-0.2, 0) is 17.8 Å². The molecule has 3 heterocycles. The number of amides is 1. The molecule has 1 amide bonds. The van der Waals surface area contributed by atoms with Gasteiger partial charge in [0.1, 0.15) is 17.4 Å². The number of benzene rings is 1. The predicted molar refractivity (Wildman–Crippen MR) is 117 cm³/mol. The second-order valence-electron chi connectivity index (χ2n) is 8.48. The number of aryl methyl sites for hydroxylation is 2. The fraction of sp³-hybridized carbons (Fsp3) is 0.609. The fourth-order valence-electron chi connectivity index (χ4n) is 4.56. The molecule has 0 radical (unpaired) electrons. The number of nitrogens with zero attached hydrogens (tertiary/aromatic N) is 4. The monoisotopic (exact) mass is 430 g/mol. The highest BCUT2D eigenvalue weighted by molar-refractivity contribution is 6.30. The third-order valence-corrected chi connectivity index (χ3v) is 6.44. The van der Waals surface area contributed by atoms with Gasteiger partial charge in [-0.1, -0.05) is 18.0 Å². The average molecular weight is 431 g/mol. The maximum Gasteiger partial charge on any atom is 0.222 e. The summed E-state index contributed by atoms with van der Waals surface area (Å²) >= 11 is 5.99. The first-order valence-electron chi connectivity index (χ1n) is 11.2. The Labute approximate surface area is 183 Å². The molecule has 1 aromatic heterocycles. The normalized spacial score (nSPS) is 19.3. The van der Waals surface area contributed by atoms with E-state index in [4.69, 9.17) is 16.3 Å². The van der Waals surface area contributed by atoms with Crippen molar-refractivity contribution in [1.29, 1.82) is 0 Å². The summed E-state index contributed by atoms with van der Waals surface area (Å²) in [5.41, 5.74) is 1.01. The number of hydrogen-bond donors (Lipinski definition) is 0. The van der Waals surface area contributed by atoms with E-state index in [1.54, 1.807) is 0 Å². The van der Waals surface area contributed by atoms with Crippen LogP contribution in [0.4, 0.5) is 0 Å². The smallest absolute Gasteiger partial charge is 0.222 e. The predicted octanol–water partition coefficient (Wildman–Crippen LogP) is 4.53. The molecule has 1 fully saturated rings. The van der Waals surface area contributed by atoms with E-state index < -0.39 is 0 Å². The van der Waals surface area contributed by atoms with E-state index in [0.717, 1.165) is 61.9 Å². The number of piperidine rings is 1. The van der Waals surface area contributed by atoms with E-state index in [1.807, 2.05) is 30.0 Å². The SMILES string of the molecule is Cc1cc(Cl)ccc1OCCCC(=O)N1CCCC(c2nnc3n2CCCCC3)C1. The lowest BCUT2D eigenvalue weighted by Gasteiger charge is -2.32. The lowest BCUT2D eigenvalue weighted by Crippen LogP contribution is -2.39. The number of rotatable bonds is 6. The minimum atomic E-state index is 0.215. The molecule has 0 bridgehead atoms. The van der Waals surface area contributed by atoms with Gasteiger partial charge in [0, 0.05) is 43.4 Å². The summed E-state index contributed by atoms with van der Waals surface area (Å²) < 4.78 is 8.16. The zero-order valence-electron chi connectivity index (χ0n) is 17.8. The molecule has 2 aliphatic heterocycles. The van der Waals surface area contributed by atoms with Gasteiger partial charge in [0.25, 0.3) is 0 Å². The van der Waals surface area contributed by atoms with E-state index in [0.29, 0.717) is 30.4 Å². The topological polar surface area (TPSA) is 60.2 Å². The van der Waals surface area contributed by atoms with Crippen LogP contribution in [0.5, 0.6) is 5.75 Å². The van der Waals surface area contributed by atoms with Crippen molar-refractivity contribution >= 4 is 17.5 Å². The molecule has 162 valence electrons. The first-order chi connectivity index (χ1) is 14.6. The number of aromatic nitrogens is 3. The Kier molecular flexibility index (Phi) is 6.93. The molecule has 0 spiro atoms. The Morgan fingerprint density at radius 1 is 1.20 bits per heavy atom. The van der Waals surface area contributed by atoms with E-state index in [1.165, 1.54) is 19.3 Å². The molecule has 1 unspecified atom stereocenters. The molecule has 2 aliphatic rings. The molecule has 7 heteroatoms. The summed E-state index contributed by atoms with van der Waals surface area (Å²) in [6.07, 6.45) is 8.01. The highest BCUT2D eigenvalue weighted by Crippen LogP contribution is 2.28. The Morgan fingerprint density at radius 3 is 2.97 bits per heavy atom. The average Bonchev–Trinajstić information content (AvgIpc) is 3.00. The molecule has 1 saturated heterocycles. The molecule has 1 atom stereocenters. The van der Waals surface area contributed by atoms with Crippen LogP contribution in [0.2, 0.25) is 5.02 Å². The van der Waals surface area contributed by atoms with Crippen molar-refractivity contribution in [3.63, 3.8) is 0 Å². The summed E-state index contributed by atoms with van der Waals surface area (Å²) in [6, 6.07) is 5.60. The molecule has 2 aromatic rings. The Bertz CT molecular complexity index is 882. The summed E-state index contributed by atoms with van der Waals surface area (Å²) in [6.45, 7) is 5.12. The third kappa shape index (κ3) is 4.97. The fourth-order valence-corrected chi connectivity index (χ4v) is 4.79. The maximum atomic E-state index is 12.8. The second-order valence-corrected chi connectivity index (χ2v) is 8.91. The summed E-state index contributed by atoms with van der Waals surface area (Å²) in [4.78, 5) is 14.8. The van der Waals surface area contributed by atoms with E-state index in [9.17, 15) is 4.79 Å². The van der Waals surface area contributed by atoms with Crippen molar-refractivity contribution in [1.82, 2.24) is 19.7 Å². The lowest BCUT2D eigenvalue weighted by atomic mass is 9.96. The van der Waals surface area contributed by atoms with Gasteiger partial charge >= 0.3 is 0 Å². The van der Waals surface area contributed by atoms with Crippen LogP contribution in [0.3, 0.4) is 0 Å². The molecule has 0 N–H and O–H groups in total. The Balaban J connectivity index is 1.28. The number of halogens is 1. The van der Waals surface area contributed by atoms with Crippen molar-refractivity contribution in [2.75, 3.05) is 19.7 Å².